The molecule has 8 aromatic rings. The third kappa shape index (κ3) is 3.33. The predicted molar refractivity (Wildman–Crippen MR) is 175 cm³/mol. The van der Waals surface area contributed by atoms with E-state index in [4.69, 9.17) is 8.83 Å². The second-order valence-electron chi connectivity index (χ2n) is 11.5. The van der Waals surface area contributed by atoms with Crippen LogP contribution in [0.25, 0.3) is 76.5 Å². The molecule has 6 aromatic carbocycles. The van der Waals surface area contributed by atoms with Crippen molar-refractivity contribution in [3.05, 3.63) is 132 Å². The molecule has 5 N–H and O–H groups in total. The van der Waals surface area contributed by atoms with E-state index in [9.17, 15) is 25.5 Å². The van der Waals surface area contributed by atoms with Crippen LogP contribution in [0.3, 0.4) is 0 Å². The van der Waals surface area contributed by atoms with Crippen LogP contribution >= 0.6 is 0 Å². The average Bonchev–Trinajstić information content (AvgIpc) is 3.64. The van der Waals surface area contributed by atoms with E-state index in [1.165, 1.54) is 0 Å². The Balaban J connectivity index is 1.50. The zero-order valence-corrected chi connectivity index (χ0v) is 23.5. The van der Waals surface area contributed by atoms with E-state index >= 15 is 0 Å². The summed E-state index contributed by atoms with van der Waals surface area (Å²) in [4.78, 5) is 0. The van der Waals surface area contributed by atoms with Crippen LogP contribution in [-0.4, -0.2) is 31.6 Å². The van der Waals surface area contributed by atoms with E-state index in [0.29, 0.717) is 27.5 Å². The standard InChI is InChI=1S/C38H24O7/c39-32-30(33(40)35(42)36(43)34(32)41)28-20-11-1-3-13-22(20)29(23-14-4-2-12-21(23)28)31-37-24(18-9-5-7-15-26(18)44-37)17-25-19-10-6-8-16-27(19)45-38(25)31/h1-17,30,32,39-43H. The Labute approximate surface area is 254 Å². The molecular weight excluding hydrogens is 568 g/mol. The predicted octanol–water partition coefficient (Wildman–Crippen LogP) is 9.57. The van der Waals surface area contributed by atoms with Crippen LogP contribution in [0.5, 0.6) is 0 Å². The maximum atomic E-state index is 11.2. The number of para-hydroxylation sites is 2. The highest BCUT2D eigenvalue weighted by Gasteiger charge is 2.40. The second kappa shape index (κ2) is 9.05. The number of aliphatic hydroxyl groups is 5. The van der Waals surface area contributed by atoms with Crippen molar-refractivity contribution < 1.29 is 34.4 Å². The van der Waals surface area contributed by atoms with Gasteiger partial charge in [-0.1, -0.05) is 84.9 Å². The summed E-state index contributed by atoms with van der Waals surface area (Å²) in [6, 6.07) is 33.1. The van der Waals surface area contributed by atoms with Gasteiger partial charge in [0.25, 0.3) is 0 Å². The van der Waals surface area contributed by atoms with Crippen molar-refractivity contribution in [2.75, 3.05) is 0 Å². The highest BCUT2D eigenvalue weighted by atomic mass is 16.4. The van der Waals surface area contributed by atoms with Gasteiger partial charge in [-0.05, 0) is 45.3 Å². The maximum Gasteiger partial charge on any atom is 0.202 e. The summed E-state index contributed by atoms with van der Waals surface area (Å²) in [5.41, 5.74) is 4.89. The molecule has 0 aliphatic heterocycles. The molecule has 2 atom stereocenters. The summed E-state index contributed by atoms with van der Waals surface area (Å²) in [5, 5.41) is 60.3. The fraction of sp³-hybridized carbons (Fsp3) is 0.0526. The highest BCUT2D eigenvalue weighted by molar-refractivity contribution is 6.27. The third-order valence-corrected chi connectivity index (χ3v) is 9.14. The molecule has 0 fully saturated rings. The van der Waals surface area contributed by atoms with Crippen LogP contribution in [-0.2, 0) is 0 Å². The molecule has 2 heterocycles. The number of rotatable bonds is 2. The van der Waals surface area contributed by atoms with Crippen molar-refractivity contribution in [3.63, 3.8) is 0 Å². The number of furan rings is 2. The van der Waals surface area contributed by atoms with E-state index in [-0.39, 0.29) is 0 Å². The molecule has 9 rings (SSSR count). The van der Waals surface area contributed by atoms with Gasteiger partial charge in [0.2, 0.25) is 5.76 Å². The van der Waals surface area contributed by atoms with Gasteiger partial charge >= 0.3 is 0 Å². The fourth-order valence-corrected chi connectivity index (χ4v) is 7.16. The molecule has 0 spiro atoms. The molecule has 2 unspecified atom stereocenters. The first-order valence-electron chi connectivity index (χ1n) is 14.6. The highest BCUT2D eigenvalue weighted by Crippen LogP contribution is 2.51. The van der Waals surface area contributed by atoms with E-state index < -0.39 is 35.1 Å². The summed E-state index contributed by atoms with van der Waals surface area (Å²) in [7, 11) is 0. The molecule has 1 aliphatic carbocycles. The number of benzene rings is 6. The van der Waals surface area contributed by atoms with Crippen molar-refractivity contribution in [1.82, 2.24) is 0 Å². The minimum Gasteiger partial charge on any atom is -0.508 e. The SMILES string of the molecule is OC1=C(O)C(O)C(c2c3ccccc3c(-c3c4oc5ccccc5c4cc4c3oc3ccccc34)c3ccccc23)C(O)=C1O. The minimum absolute atomic E-state index is 0.484. The Hall–Kier alpha value is -5.92. The molecule has 0 bridgehead atoms. The largest absolute Gasteiger partial charge is 0.508 e. The number of aliphatic hydroxyl groups excluding tert-OH is 5. The first kappa shape index (κ1) is 25.6. The minimum atomic E-state index is -1.71. The molecule has 0 radical (unpaired) electrons. The monoisotopic (exact) mass is 592 g/mol. The number of fused-ring (bicyclic) bond motifs is 8. The van der Waals surface area contributed by atoms with Crippen LogP contribution in [0.1, 0.15) is 11.5 Å². The van der Waals surface area contributed by atoms with Gasteiger partial charge in [-0.25, -0.2) is 0 Å². The van der Waals surface area contributed by atoms with Gasteiger partial charge in [-0.15, -0.1) is 0 Å². The maximum absolute atomic E-state index is 11.2. The first-order valence-corrected chi connectivity index (χ1v) is 14.6. The first-order chi connectivity index (χ1) is 21.9. The lowest BCUT2D eigenvalue weighted by Crippen LogP contribution is -2.29. The van der Waals surface area contributed by atoms with E-state index in [2.05, 4.69) is 6.07 Å². The molecular formula is C38H24O7. The molecule has 0 saturated heterocycles. The Morgan fingerprint density at radius 1 is 0.444 bits per heavy atom. The zero-order chi connectivity index (χ0) is 30.6. The molecule has 2 aromatic heterocycles. The molecule has 7 heteroatoms. The number of hydrogen-bond donors (Lipinski definition) is 5. The Bertz CT molecular complexity index is 2470. The van der Waals surface area contributed by atoms with E-state index in [1.54, 1.807) is 0 Å². The normalized spacial score (nSPS) is 17.6. The second-order valence-corrected chi connectivity index (χ2v) is 11.5. The van der Waals surface area contributed by atoms with Crippen molar-refractivity contribution in [2.45, 2.75) is 12.0 Å². The molecule has 45 heavy (non-hydrogen) atoms. The van der Waals surface area contributed by atoms with Gasteiger partial charge in [0.05, 0.1) is 11.5 Å². The molecule has 7 nitrogen and oxygen atoms in total. The van der Waals surface area contributed by atoms with Crippen LogP contribution in [0.2, 0.25) is 0 Å². The molecule has 218 valence electrons. The van der Waals surface area contributed by atoms with Gasteiger partial charge < -0.3 is 34.4 Å². The zero-order valence-electron chi connectivity index (χ0n) is 23.5. The topological polar surface area (TPSA) is 127 Å². The van der Waals surface area contributed by atoms with Crippen molar-refractivity contribution >= 4 is 65.4 Å². The Kier molecular flexibility index (Phi) is 5.14. The van der Waals surface area contributed by atoms with E-state index in [0.717, 1.165) is 54.6 Å². The van der Waals surface area contributed by atoms with Crippen LogP contribution in [0.15, 0.2) is 135 Å². The summed E-state index contributed by atoms with van der Waals surface area (Å²) < 4.78 is 13.2. The summed E-state index contributed by atoms with van der Waals surface area (Å²) in [6.45, 7) is 0. The summed E-state index contributed by atoms with van der Waals surface area (Å²) >= 11 is 0. The molecule has 0 amide bonds. The van der Waals surface area contributed by atoms with Crippen molar-refractivity contribution in [3.8, 4) is 11.1 Å². The number of hydrogen-bond acceptors (Lipinski definition) is 7. The van der Waals surface area contributed by atoms with Crippen molar-refractivity contribution in [1.29, 1.82) is 0 Å². The van der Waals surface area contributed by atoms with Crippen LogP contribution < -0.4 is 0 Å². The fourth-order valence-electron chi connectivity index (χ4n) is 7.16. The molecule has 0 saturated carbocycles. The Morgan fingerprint density at radius 3 is 1.38 bits per heavy atom. The molecule has 1 aliphatic rings. The summed E-state index contributed by atoms with van der Waals surface area (Å²) in [6.07, 6.45) is -1.71. The van der Waals surface area contributed by atoms with Crippen LogP contribution in [0, 0.1) is 0 Å². The lowest BCUT2D eigenvalue weighted by Gasteiger charge is -2.30. The lowest BCUT2D eigenvalue weighted by atomic mass is 9.78. The van der Waals surface area contributed by atoms with E-state index in [1.807, 2.05) is 97.1 Å². The average molecular weight is 593 g/mol. The van der Waals surface area contributed by atoms with Crippen LogP contribution in [0.4, 0.5) is 0 Å². The van der Waals surface area contributed by atoms with Gasteiger partial charge in [-0.3, -0.25) is 0 Å². The smallest absolute Gasteiger partial charge is 0.202 e. The third-order valence-electron chi connectivity index (χ3n) is 9.14. The van der Waals surface area contributed by atoms with Gasteiger partial charge in [-0.2, -0.15) is 0 Å². The quantitative estimate of drug-likeness (QED) is 0.126. The summed E-state index contributed by atoms with van der Waals surface area (Å²) in [5.74, 6) is -4.55. The van der Waals surface area contributed by atoms with Gasteiger partial charge in [0.1, 0.15) is 34.2 Å². The van der Waals surface area contributed by atoms with Gasteiger partial charge in [0.15, 0.2) is 11.5 Å². The van der Waals surface area contributed by atoms with Crippen molar-refractivity contribution in [2.24, 2.45) is 0 Å². The lowest BCUT2D eigenvalue weighted by molar-refractivity contribution is 0.0915. The Morgan fingerprint density at radius 2 is 0.867 bits per heavy atom. The van der Waals surface area contributed by atoms with Gasteiger partial charge in [0, 0.05) is 27.1 Å².